The molecule has 7 nitrogen and oxygen atoms in total. The number of halogens is 3. The Labute approximate surface area is 207 Å². The average molecular weight is 516 g/mol. The summed E-state index contributed by atoms with van der Waals surface area (Å²) in [6.07, 6.45) is -3.31. The number of benzene rings is 2. The predicted octanol–water partition coefficient (Wildman–Crippen LogP) is 6.04. The smallest absolute Gasteiger partial charge is 0.417 e. The van der Waals surface area contributed by atoms with E-state index in [1.54, 1.807) is 24.3 Å². The fourth-order valence-corrected chi connectivity index (χ4v) is 4.25. The SMILES string of the molecule is CCOc1ccc(NC(=O)CN2C(=O)S/C(=C/c3ccc(-c4ccccc4C(F)(F)F)o3)C2=O)cc1. The van der Waals surface area contributed by atoms with E-state index in [0.717, 1.165) is 11.0 Å². The first kappa shape index (κ1) is 25.1. The number of carbonyl (C=O) groups is 3. The Balaban J connectivity index is 1.45. The van der Waals surface area contributed by atoms with Crippen LogP contribution in [0.25, 0.3) is 17.4 Å². The van der Waals surface area contributed by atoms with Gasteiger partial charge in [0.05, 0.1) is 17.1 Å². The van der Waals surface area contributed by atoms with Gasteiger partial charge in [-0.3, -0.25) is 19.3 Å². The number of hydrogen-bond acceptors (Lipinski definition) is 6. The molecule has 0 radical (unpaired) electrons. The van der Waals surface area contributed by atoms with Crippen molar-refractivity contribution in [3.63, 3.8) is 0 Å². The van der Waals surface area contributed by atoms with Gasteiger partial charge in [-0.1, -0.05) is 18.2 Å². The van der Waals surface area contributed by atoms with Gasteiger partial charge in [-0.25, -0.2) is 0 Å². The third-order valence-corrected chi connectivity index (χ3v) is 5.93. The molecule has 4 rings (SSSR count). The van der Waals surface area contributed by atoms with Crippen molar-refractivity contribution in [2.45, 2.75) is 13.1 Å². The normalized spacial score (nSPS) is 15.0. The van der Waals surface area contributed by atoms with E-state index in [2.05, 4.69) is 5.32 Å². The highest BCUT2D eigenvalue weighted by molar-refractivity contribution is 8.18. The number of amides is 3. The molecule has 1 N–H and O–H groups in total. The molecular formula is C25H19F3N2O5S. The van der Waals surface area contributed by atoms with Crippen molar-refractivity contribution >= 4 is 40.6 Å². The Hall–Kier alpha value is -3.99. The van der Waals surface area contributed by atoms with Gasteiger partial charge in [0, 0.05) is 17.3 Å². The second-order valence-corrected chi connectivity index (χ2v) is 8.51. The van der Waals surface area contributed by atoms with Crippen LogP contribution in [0.5, 0.6) is 5.75 Å². The van der Waals surface area contributed by atoms with Gasteiger partial charge >= 0.3 is 6.18 Å². The van der Waals surface area contributed by atoms with E-state index in [1.807, 2.05) is 6.92 Å². The van der Waals surface area contributed by atoms with Gasteiger partial charge in [0.1, 0.15) is 23.8 Å². The van der Waals surface area contributed by atoms with Crippen LogP contribution in [0.3, 0.4) is 0 Å². The summed E-state index contributed by atoms with van der Waals surface area (Å²) in [7, 11) is 0. The summed E-state index contributed by atoms with van der Waals surface area (Å²) >= 11 is 0.607. The number of imide groups is 1. The van der Waals surface area contributed by atoms with E-state index in [9.17, 15) is 27.6 Å². The van der Waals surface area contributed by atoms with Crippen LogP contribution in [0, 0.1) is 0 Å². The quantitative estimate of drug-likeness (QED) is 0.385. The van der Waals surface area contributed by atoms with Gasteiger partial charge in [0.15, 0.2) is 0 Å². The van der Waals surface area contributed by atoms with Crippen LogP contribution in [-0.2, 0) is 15.8 Å². The predicted molar refractivity (Wildman–Crippen MR) is 128 cm³/mol. The Kier molecular flexibility index (Phi) is 7.20. The fourth-order valence-electron chi connectivity index (χ4n) is 3.43. The van der Waals surface area contributed by atoms with Gasteiger partial charge in [-0.15, -0.1) is 0 Å². The first-order chi connectivity index (χ1) is 17.2. The lowest BCUT2D eigenvalue weighted by atomic mass is 10.1. The first-order valence-corrected chi connectivity index (χ1v) is 11.5. The highest BCUT2D eigenvalue weighted by atomic mass is 32.2. The van der Waals surface area contributed by atoms with E-state index < -0.39 is 35.3 Å². The second-order valence-electron chi connectivity index (χ2n) is 7.52. The zero-order valence-electron chi connectivity index (χ0n) is 18.8. The van der Waals surface area contributed by atoms with Gasteiger partial charge in [0.25, 0.3) is 11.1 Å². The van der Waals surface area contributed by atoms with Crippen LogP contribution in [0.2, 0.25) is 0 Å². The molecule has 36 heavy (non-hydrogen) atoms. The van der Waals surface area contributed by atoms with Gasteiger partial charge in [0.2, 0.25) is 5.91 Å². The van der Waals surface area contributed by atoms with E-state index >= 15 is 0 Å². The largest absolute Gasteiger partial charge is 0.494 e. The number of alkyl halides is 3. The molecule has 11 heteroatoms. The Morgan fingerprint density at radius 2 is 1.81 bits per heavy atom. The summed E-state index contributed by atoms with van der Waals surface area (Å²) in [5.41, 5.74) is -0.540. The number of hydrogen-bond donors (Lipinski definition) is 1. The molecule has 0 saturated carbocycles. The number of rotatable bonds is 7. The maximum atomic E-state index is 13.3. The van der Waals surface area contributed by atoms with Crippen LogP contribution < -0.4 is 10.1 Å². The monoisotopic (exact) mass is 516 g/mol. The van der Waals surface area contributed by atoms with Crippen LogP contribution >= 0.6 is 11.8 Å². The Morgan fingerprint density at radius 1 is 1.08 bits per heavy atom. The van der Waals surface area contributed by atoms with Crippen molar-refractivity contribution in [2.75, 3.05) is 18.5 Å². The third-order valence-electron chi connectivity index (χ3n) is 5.02. The third kappa shape index (κ3) is 5.62. The van der Waals surface area contributed by atoms with E-state index in [0.29, 0.717) is 29.8 Å². The molecule has 0 aliphatic carbocycles. The van der Waals surface area contributed by atoms with Crippen LogP contribution in [0.1, 0.15) is 18.2 Å². The molecule has 1 aromatic heterocycles. The molecule has 2 aromatic carbocycles. The molecule has 2 heterocycles. The minimum atomic E-state index is -4.57. The highest BCUT2D eigenvalue weighted by Gasteiger charge is 2.37. The number of nitrogens with one attached hydrogen (secondary N) is 1. The van der Waals surface area contributed by atoms with Crippen LogP contribution in [0.15, 0.2) is 70.0 Å². The molecule has 1 fully saturated rings. The minimum Gasteiger partial charge on any atom is -0.494 e. The van der Waals surface area contributed by atoms with Crippen LogP contribution in [-0.4, -0.2) is 35.1 Å². The minimum absolute atomic E-state index is 0.0149. The Bertz CT molecular complexity index is 1330. The highest BCUT2D eigenvalue weighted by Crippen LogP contribution is 2.38. The fraction of sp³-hybridized carbons (Fsp3) is 0.160. The number of nitrogens with zero attached hydrogens (tertiary/aromatic N) is 1. The van der Waals surface area contributed by atoms with Crippen molar-refractivity contribution in [3.8, 4) is 17.1 Å². The van der Waals surface area contributed by atoms with Gasteiger partial charge in [-0.2, -0.15) is 13.2 Å². The number of anilines is 1. The van der Waals surface area contributed by atoms with Crippen molar-refractivity contribution in [1.82, 2.24) is 4.90 Å². The number of furan rings is 1. The summed E-state index contributed by atoms with van der Waals surface area (Å²) in [6.45, 7) is 1.84. The molecule has 3 amide bonds. The molecule has 3 aromatic rings. The summed E-state index contributed by atoms with van der Waals surface area (Å²) in [5.74, 6) is -0.601. The standard InChI is InChI=1S/C25H19F3N2O5S/c1-2-34-16-9-7-15(8-10-16)29-22(31)14-30-23(32)21(36-24(30)33)13-17-11-12-20(35-17)18-5-3-4-6-19(18)25(26,27)28/h3-13H,2,14H2,1H3,(H,29,31)/b21-13+. The number of thioether (sulfide) groups is 1. The lowest BCUT2D eigenvalue weighted by Gasteiger charge is -2.12. The van der Waals surface area contributed by atoms with Crippen molar-refractivity contribution < 1.29 is 36.7 Å². The van der Waals surface area contributed by atoms with E-state index in [4.69, 9.17) is 9.15 Å². The molecule has 0 unspecified atom stereocenters. The van der Waals surface area contributed by atoms with Crippen molar-refractivity contribution in [3.05, 3.63) is 76.9 Å². The molecular weight excluding hydrogens is 497 g/mol. The van der Waals surface area contributed by atoms with E-state index in [-0.39, 0.29) is 22.0 Å². The molecule has 1 aliphatic rings. The van der Waals surface area contributed by atoms with Gasteiger partial charge < -0.3 is 14.5 Å². The van der Waals surface area contributed by atoms with Crippen LogP contribution in [0.4, 0.5) is 23.7 Å². The summed E-state index contributed by atoms with van der Waals surface area (Å²) in [5, 5.41) is 1.95. The molecule has 0 atom stereocenters. The molecule has 0 spiro atoms. The molecule has 0 bridgehead atoms. The number of ether oxygens (including phenoxy) is 1. The lowest BCUT2D eigenvalue weighted by molar-refractivity contribution is -0.137. The summed E-state index contributed by atoms with van der Waals surface area (Å²) in [4.78, 5) is 38.2. The molecule has 1 saturated heterocycles. The Morgan fingerprint density at radius 3 is 2.50 bits per heavy atom. The number of carbonyl (C=O) groups excluding carboxylic acids is 3. The van der Waals surface area contributed by atoms with Gasteiger partial charge in [-0.05, 0) is 61.2 Å². The summed E-state index contributed by atoms with van der Waals surface area (Å²) < 4.78 is 50.8. The molecule has 186 valence electrons. The first-order valence-electron chi connectivity index (χ1n) is 10.7. The van der Waals surface area contributed by atoms with Crippen molar-refractivity contribution in [1.29, 1.82) is 0 Å². The summed E-state index contributed by atoms with van der Waals surface area (Å²) in [6, 6.07) is 14.3. The second kappa shape index (κ2) is 10.3. The maximum absolute atomic E-state index is 13.3. The maximum Gasteiger partial charge on any atom is 0.417 e. The zero-order valence-corrected chi connectivity index (χ0v) is 19.6. The zero-order chi connectivity index (χ0) is 25.9. The lowest BCUT2D eigenvalue weighted by Crippen LogP contribution is -2.36. The van der Waals surface area contributed by atoms with E-state index in [1.165, 1.54) is 36.4 Å². The van der Waals surface area contributed by atoms with Crippen molar-refractivity contribution in [2.24, 2.45) is 0 Å². The topological polar surface area (TPSA) is 88.8 Å². The average Bonchev–Trinajstić information content (AvgIpc) is 3.40. The molecule has 1 aliphatic heterocycles.